The summed E-state index contributed by atoms with van der Waals surface area (Å²) in [5.74, 6) is 0.218. The zero-order valence-electron chi connectivity index (χ0n) is 11.4. The first kappa shape index (κ1) is 13.1. The number of carbonyl (C=O) groups is 1. The molecular formula is C15H22N2O. The predicted octanol–water partition coefficient (Wildman–Crippen LogP) is 2.18. The van der Waals surface area contributed by atoms with Crippen LogP contribution in [0.1, 0.15) is 32.8 Å². The van der Waals surface area contributed by atoms with Gasteiger partial charge in [0.25, 0.3) is 0 Å². The van der Waals surface area contributed by atoms with Crippen LogP contribution in [0, 0.1) is 0 Å². The third-order valence-corrected chi connectivity index (χ3v) is 3.92. The van der Waals surface area contributed by atoms with E-state index in [1.54, 1.807) is 0 Å². The lowest BCUT2D eigenvalue weighted by Gasteiger charge is -2.34. The molecule has 18 heavy (non-hydrogen) atoms. The number of amides is 1. The Morgan fingerprint density at radius 3 is 2.61 bits per heavy atom. The normalized spacial score (nSPS) is 27.8. The molecule has 1 aromatic rings. The number of nitrogens with zero attached hydrogens (tertiary/aromatic N) is 1. The number of benzene rings is 1. The molecule has 3 nitrogen and oxygen atoms in total. The molecule has 1 aliphatic rings. The average Bonchev–Trinajstić information content (AvgIpc) is 2.60. The van der Waals surface area contributed by atoms with E-state index in [4.69, 9.17) is 0 Å². The van der Waals surface area contributed by atoms with E-state index in [2.05, 4.69) is 31.3 Å². The van der Waals surface area contributed by atoms with Crippen molar-refractivity contribution in [3.63, 3.8) is 0 Å². The Bertz CT molecular complexity index is 418. The van der Waals surface area contributed by atoms with Crippen molar-refractivity contribution in [1.82, 2.24) is 10.2 Å². The van der Waals surface area contributed by atoms with Crippen LogP contribution in [0.5, 0.6) is 0 Å². The maximum Gasteiger partial charge on any atom is 0.240 e. The molecule has 98 valence electrons. The van der Waals surface area contributed by atoms with Gasteiger partial charge in [-0.15, -0.1) is 0 Å². The van der Waals surface area contributed by atoms with Crippen LogP contribution < -0.4 is 5.32 Å². The maximum absolute atomic E-state index is 12.2. The molecule has 1 N–H and O–H groups in total. The standard InChI is InChI=1S/C15H22N2O/c1-4-15(3)16-12(2)14(18)17(15)11-10-13-8-6-5-7-9-13/h5-9,12,16H,4,10-11H2,1-3H3/t12-,15?/m0/s1. The summed E-state index contributed by atoms with van der Waals surface area (Å²) in [5, 5.41) is 3.39. The summed E-state index contributed by atoms with van der Waals surface area (Å²) in [4.78, 5) is 14.2. The molecule has 0 bridgehead atoms. The molecule has 2 rings (SSSR count). The minimum absolute atomic E-state index is 0.0641. The highest BCUT2D eigenvalue weighted by molar-refractivity contribution is 5.84. The van der Waals surface area contributed by atoms with Crippen molar-refractivity contribution in [1.29, 1.82) is 0 Å². The number of hydrogen-bond donors (Lipinski definition) is 1. The molecule has 1 amide bonds. The molecule has 1 saturated heterocycles. The van der Waals surface area contributed by atoms with Crippen LogP contribution in [-0.2, 0) is 11.2 Å². The number of carbonyl (C=O) groups excluding carboxylic acids is 1. The highest BCUT2D eigenvalue weighted by atomic mass is 16.2. The molecule has 0 aliphatic carbocycles. The molecular weight excluding hydrogens is 224 g/mol. The predicted molar refractivity (Wildman–Crippen MR) is 73.2 cm³/mol. The second kappa shape index (κ2) is 5.11. The summed E-state index contributed by atoms with van der Waals surface area (Å²) >= 11 is 0. The van der Waals surface area contributed by atoms with Crippen LogP contribution in [0.2, 0.25) is 0 Å². The summed E-state index contributed by atoms with van der Waals surface area (Å²) < 4.78 is 0. The third-order valence-electron chi connectivity index (χ3n) is 3.92. The Kier molecular flexibility index (Phi) is 3.71. The molecule has 3 heteroatoms. The Morgan fingerprint density at radius 1 is 1.33 bits per heavy atom. The van der Waals surface area contributed by atoms with Gasteiger partial charge in [0, 0.05) is 6.54 Å². The summed E-state index contributed by atoms with van der Waals surface area (Å²) in [5.41, 5.74) is 1.09. The van der Waals surface area contributed by atoms with Crippen LogP contribution in [0.15, 0.2) is 30.3 Å². The van der Waals surface area contributed by atoms with E-state index in [0.717, 1.165) is 19.4 Å². The monoisotopic (exact) mass is 246 g/mol. The van der Waals surface area contributed by atoms with E-state index in [1.807, 2.05) is 30.0 Å². The second-order valence-electron chi connectivity index (χ2n) is 5.22. The summed E-state index contributed by atoms with van der Waals surface area (Å²) in [7, 11) is 0. The van der Waals surface area contributed by atoms with Crippen molar-refractivity contribution >= 4 is 5.91 Å². The van der Waals surface area contributed by atoms with Crippen molar-refractivity contribution < 1.29 is 4.79 Å². The molecule has 1 aromatic carbocycles. The summed E-state index contributed by atoms with van der Waals surface area (Å²) in [6, 6.07) is 10.3. The van der Waals surface area contributed by atoms with Gasteiger partial charge in [-0.05, 0) is 32.3 Å². The van der Waals surface area contributed by atoms with Crippen molar-refractivity contribution in [2.45, 2.75) is 45.3 Å². The SMILES string of the molecule is CCC1(C)N[C@@H](C)C(=O)N1CCc1ccccc1. The minimum atomic E-state index is -0.189. The Morgan fingerprint density at radius 2 is 2.00 bits per heavy atom. The van der Waals surface area contributed by atoms with Gasteiger partial charge in [-0.3, -0.25) is 10.1 Å². The van der Waals surface area contributed by atoms with Gasteiger partial charge in [0.05, 0.1) is 11.7 Å². The minimum Gasteiger partial charge on any atom is -0.323 e. The molecule has 1 unspecified atom stereocenters. The third kappa shape index (κ3) is 2.41. The van der Waals surface area contributed by atoms with Crippen LogP contribution in [-0.4, -0.2) is 29.1 Å². The number of nitrogens with one attached hydrogen (secondary N) is 1. The summed E-state index contributed by atoms with van der Waals surface area (Å²) in [6.45, 7) is 6.95. The largest absolute Gasteiger partial charge is 0.323 e. The lowest BCUT2D eigenvalue weighted by Crippen LogP contribution is -2.50. The Hall–Kier alpha value is -1.35. The van der Waals surface area contributed by atoms with E-state index >= 15 is 0 Å². The first-order valence-corrected chi connectivity index (χ1v) is 6.70. The number of rotatable bonds is 4. The van der Waals surface area contributed by atoms with Gasteiger partial charge in [0.1, 0.15) is 0 Å². The van der Waals surface area contributed by atoms with E-state index < -0.39 is 0 Å². The lowest BCUT2D eigenvalue weighted by molar-refractivity contribution is -0.131. The van der Waals surface area contributed by atoms with E-state index in [-0.39, 0.29) is 17.6 Å². The van der Waals surface area contributed by atoms with Crippen LogP contribution in [0.25, 0.3) is 0 Å². The van der Waals surface area contributed by atoms with E-state index in [0.29, 0.717) is 0 Å². The highest BCUT2D eigenvalue weighted by Crippen LogP contribution is 2.24. The fraction of sp³-hybridized carbons (Fsp3) is 0.533. The fourth-order valence-corrected chi connectivity index (χ4v) is 2.62. The topological polar surface area (TPSA) is 32.3 Å². The molecule has 1 aliphatic heterocycles. The van der Waals surface area contributed by atoms with Gasteiger partial charge in [-0.2, -0.15) is 0 Å². The molecule has 1 fully saturated rings. The Balaban J connectivity index is 2.05. The van der Waals surface area contributed by atoms with Gasteiger partial charge >= 0.3 is 0 Å². The average molecular weight is 246 g/mol. The maximum atomic E-state index is 12.2. The van der Waals surface area contributed by atoms with Crippen LogP contribution in [0.3, 0.4) is 0 Å². The molecule has 0 radical (unpaired) electrons. The van der Waals surface area contributed by atoms with Crippen LogP contribution in [0.4, 0.5) is 0 Å². The van der Waals surface area contributed by atoms with Crippen LogP contribution >= 0.6 is 0 Å². The van der Waals surface area contributed by atoms with Crippen molar-refractivity contribution in [3.8, 4) is 0 Å². The first-order valence-electron chi connectivity index (χ1n) is 6.70. The summed E-state index contributed by atoms with van der Waals surface area (Å²) in [6.07, 6.45) is 1.84. The molecule has 1 heterocycles. The van der Waals surface area contributed by atoms with Gasteiger partial charge in [-0.25, -0.2) is 0 Å². The lowest BCUT2D eigenvalue weighted by atomic mass is 10.1. The van der Waals surface area contributed by atoms with E-state index in [9.17, 15) is 4.79 Å². The second-order valence-corrected chi connectivity index (χ2v) is 5.22. The quantitative estimate of drug-likeness (QED) is 0.883. The smallest absolute Gasteiger partial charge is 0.240 e. The van der Waals surface area contributed by atoms with Gasteiger partial charge in [0.2, 0.25) is 5.91 Å². The number of hydrogen-bond acceptors (Lipinski definition) is 2. The molecule has 0 saturated carbocycles. The van der Waals surface area contributed by atoms with Gasteiger partial charge in [0.15, 0.2) is 0 Å². The van der Waals surface area contributed by atoms with Crippen molar-refractivity contribution in [3.05, 3.63) is 35.9 Å². The highest BCUT2D eigenvalue weighted by Gasteiger charge is 2.43. The zero-order chi connectivity index (χ0) is 13.2. The van der Waals surface area contributed by atoms with E-state index in [1.165, 1.54) is 5.56 Å². The Labute approximate surface area is 109 Å². The van der Waals surface area contributed by atoms with Crippen molar-refractivity contribution in [2.24, 2.45) is 0 Å². The first-order chi connectivity index (χ1) is 8.57. The van der Waals surface area contributed by atoms with Gasteiger partial charge in [-0.1, -0.05) is 37.3 Å². The zero-order valence-corrected chi connectivity index (χ0v) is 11.4. The molecule has 0 aromatic heterocycles. The fourth-order valence-electron chi connectivity index (χ4n) is 2.62. The van der Waals surface area contributed by atoms with Crippen molar-refractivity contribution in [2.75, 3.05) is 6.54 Å². The molecule has 2 atom stereocenters. The molecule has 0 spiro atoms. The van der Waals surface area contributed by atoms with Gasteiger partial charge < -0.3 is 4.90 Å².